The molecule has 0 aliphatic carbocycles. The van der Waals surface area contributed by atoms with Gasteiger partial charge in [-0.15, -0.1) is 0 Å². The average molecular weight is 255 g/mol. The third kappa shape index (κ3) is 2.79. The Bertz CT molecular complexity index is 446. The van der Waals surface area contributed by atoms with E-state index in [-0.39, 0.29) is 5.75 Å². The molecule has 0 bridgehead atoms. The maximum Gasteiger partial charge on any atom is 0.311 e. The largest absolute Gasteiger partial charge is 0.491 e. The number of hydrogen-bond donors (Lipinski definition) is 2. The molecule has 0 saturated carbocycles. The van der Waals surface area contributed by atoms with Crippen LogP contribution in [0.5, 0.6) is 5.75 Å². The van der Waals surface area contributed by atoms with Crippen molar-refractivity contribution < 1.29 is 19.0 Å². The second kappa shape index (κ2) is 5.35. The van der Waals surface area contributed by atoms with Gasteiger partial charge in [0, 0.05) is 6.04 Å². The lowest BCUT2D eigenvalue weighted by Crippen LogP contribution is -2.36. The third-order valence-corrected chi connectivity index (χ3v) is 2.94. The Morgan fingerprint density at radius 3 is 2.61 bits per heavy atom. The summed E-state index contributed by atoms with van der Waals surface area (Å²) in [6.45, 7) is 5.14. The molecule has 0 spiro atoms. The van der Waals surface area contributed by atoms with Gasteiger partial charge in [-0.3, -0.25) is 4.79 Å². The molecule has 5 heteroatoms. The van der Waals surface area contributed by atoms with Crippen molar-refractivity contribution in [1.29, 1.82) is 0 Å². The fraction of sp³-hybridized carbons (Fsp3) is 0.462. The normalized spacial score (nSPS) is 13.2. The van der Waals surface area contributed by atoms with Crippen molar-refractivity contribution in [1.82, 2.24) is 0 Å². The third-order valence-electron chi connectivity index (χ3n) is 2.94. The number of hydrogen-bond acceptors (Lipinski definition) is 3. The monoisotopic (exact) mass is 255 g/mol. The lowest BCUT2D eigenvalue weighted by Gasteiger charge is -2.27. The van der Waals surface area contributed by atoms with E-state index in [0.29, 0.717) is 12.2 Å². The molecule has 100 valence electrons. The minimum absolute atomic E-state index is 0.140. The smallest absolute Gasteiger partial charge is 0.311 e. The van der Waals surface area contributed by atoms with E-state index in [2.05, 4.69) is 0 Å². The zero-order chi connectivity index (χ0) is 13.9. The fourth-order valence-corrected chi connectivity index (χ4v) is 1.53. The molecular weight excluding hydrogens is 237 g/mol. The van der Waals surface area contributed by atoms with Gasteiger partial charge in [-0.25, -0.2) is 4.39 Å². The van der Waals surface area contributed by atoms with Gasteiger partial charge >= 0.3 is 5.97 Å². The average Bonchev–Trinajstić information content (AvgIpc) is 2.30. The van der Waals surface area contributed by atoms with Crippen LogP contribution in [0, 0.1) is 11.2 Å². The Hall–Kier alpha value is -1.62. The first-order valence-electron chi connectivity index (χ1n) is 5.72. The summed E-state index contributed by atoms with van der Waals surface area (Å²) in [6.07, 6.45) is 0. The number of rotatable bonds is 5. The van der Waals surface area contributed by atoms with Crippen LogP contribution in [0.15, 0.2) is 18.2 Å². The van der Waals surface area contributed by atoms with Gasteiger partial charge in [0.2, 0.25) is 0 Å². The molecule has 18 heavy (non-hydrogen) atoms. The van der Waals surface area contributed by atoms with Crippen molar-refractivity contribution in [2.45, 2.75) is 26.8 Å². The predicted molar refractivity (Wildman–Crippen MR) is 65.9 cm³/mol. The second-order valence-corrected chi connectivity index (χ2v) is 4.63. The van der Waals surface area contributed by atoms with E-state index in [4.69, 9.17) is 15.6 Å². The molecule has 3 N–H and O–H groups in total. The summed E-state index contributed by atoms with van der Waals surface area (Å²) in [4.78, 5) is 11.1. The molecule has 1 rings (SSSR count). The first-order chi connectivity index (χ1) is 8.30. The Balaban J connectivity index is 3.05. The summed E-state index contributed by atoms with van der Waals surface area (Å²) in [6, 6.07) is 3.48. The molecule has 0 aliphatic heterocycles. The van der Waals surface area contributed by atoms with Gasteiger partial charge in [0.25, 0.3) is 0 Å². The van der Waals surface area contributed by atoms with Crippen molar-refractivity contribution in [2.24, 2.45) is 11.1 Å². The lowest BCUT2D eigenvalue weighted by molar-refractivity contribution is -0.148. The SMILES string of the molecule is CCOc1ccc(C(N)C(C)(C)C(=O)O)cc1F. The Morgan fingerprint density at radius 2 is 2.17 bits per heavy atom. The van der Waals surface area contributed by atoms with Crippen LogP contribution in [-0.4, -0.2) is 17.7 Å². The van der Waals surface area contributed by atoms with Gasteiger partial charge in [0.15, 0.2) is 11.6 Å². The molecule has 0 fully saturated rings. The molecule has 0 radical (unpaired) electrons. The van der Waals surface area contributed by atoms with Crippen LogP contribution in [-0.2, 0) is 4.79 Å². The van der Waals surface area contributed by atoms with Crippen molar-refractivity contribution in [3.8, 4) is 5.75 Å². The highest BCUT2D eigenvalue weighted by Crippen LogP contribution is 2.33. The first-order valence-corrected chi connectivity index (χ1v) is 5.72. The number of carboxylic acids is 1. The second-order valence-electron chi connectivity index (χ2n) is 4.63. The van der Waals surface area contributed by atoms with E-state index in [1.54, 1.807) is 13.0 Å². The summed E-state index contributed by atoms with van der Waals surface area (Å²) in [7, 11) is 0. The molecule has 0 aromatic heterocycles. The van der Waals surface area contributed by atoms with Gasteiger partial charge in [0.1, 0.15) is 0 Å². The molecule has 1 atom stereocenters. The molecule has 1 aromatic carbocycles. The van der Waals surface area contributed by atoms with Gasteiger partial charge in [-0.2, -0.15) is 0 Å². The number of ether oxygens (including phenoxy) is 1. The summed E-state index contributed by atoms with van der Waals surface area (Å²) in [5, 5.41) is 9.08. The number of carbonyl (C=O) groups is 1. The molecule has 0 aliphatic rings. The van der Waals surface area contributed by atoms with Crippen LogP contribution in [0.25, 0.3) is 0 Å². The zero-order valence-corrected chi connectivity index (χ0v) is 10.7. The molecule has 1 unspecified atom stereocenters. The maximum atomic E-state index is 13.7. The quantitative estimate of drug-likeness (QED) is 0.847. The number of carboxylic acid groups (broad SMARTS) is 1. The summed E-state index contributed by atoms with van der Waals surface area (Å²) in [5.74, 6) is -1.42. The van der Waals surface area contributed by atoms with Gasteiger partial charge in [-0.05, 0) is 38.5 Å². The standard InChI is InChI=1S/C13H18FNO3/c1-4-18-10-6-5-8(7-9(10)14)11(15)13(2,3)12(16)17/h5-7,11H,4,15H2,1-3H3,(H,16,17). The Kier molecular flexibility index (Phi) is 4.29. The molecule has 0 heterocycles. The zero-order valence-electron chi connectivity index (χ0n) is 10.7. The number of aliphatic carboxylic acids is 1. The number of halogens is 1. The van der Waals surface area contributed by atoms with Gasteiger partial charge < -0.3 is 15.6 Å². The lowest BCUT2D eigenvalue weighted by atomic mass is 9.81. The fourth-order valence-electron chi connectivity index (χ4n) is 1.53. The van der Waals surface area contributed by atoms with Crippen molar-refractivity contribution in [3.05, 3.63) is 29.6 Å². The highest BCUT2D eigenvalue weighted by atomic mass is 19.1. The van der Waals surface area contributed by atoms with Crippen LogP contribution >= 0.6 is 0 Å². The summed E-state index contributed by atoms with van der Waals surface area (Å²) < 4.78 is 18.7. The Morgan fingerprint density at radius 1 is 1.56 bits per heavy atom. The summed E-state index contributed by atoms with van der Waals surface area (Å²) >= 11 is 0. The van der Waals surface area contributed by atoms with Crippen LogP contribution in [0.2, 0.25) is 0 Å². The number of nitrogens with two attached hydrogens (primary N) is 1. The van der Waals surface area contributed by atoms with E-state index in [0.717, 1.165) is 0 Å². The topological polar surface area (TPSA) is 72.5 Å². The van der Waals surface area contributed by atoms with Crippen LogP contribution < -0.4 is 10.5 Å². The van der Waals surface area contributed by atoms with Crippen LogP contribution in [0.1, 0.15) is 32.4 Å². The van der Waals surface area contributed by atoms with E-state index in [1.165, 1.54) is 26.0 Å². The highest BCUT2D eigenvalue weighted by molar-refractivity contribution is 5.75. The van der Waals surface area contributed by atoms with Crippen LogP contribution in [0.3, 0.4) is 0 Å². The minimum Gasteiger partial charge on any atom is -0.491 e. The first kappa shape index (κ1) is 14.4. The molecule has 1 aromatic rings. The van der Waals surface area contributed by atoms with E-state index >= 15 is 0 Å². The Labute approximate surface area is 106 Å². The van der Waals surface area contributed by atoms with Gasteiger partial charge in [0.05, 0.1) is 12.0 Å². The maximum absolute atomic E-state index is 13.7. The van der Waals surface area contributed by atoms with Crippen LogP contribution in [0.4, 0.5) is 4.39 Å². The predicted octanol–water partition coefficient (Wildman–Crippen LogP) is 2.33. The number of benzene rings is 1. The minimum atomic E-state index is -1.17. The van der Waals surface area contributed by atoms with Crippen molar-refractivity contribution in [2.75, 3.05) is 6.61 Å². The van der Waals surface area contributed by atoms with Crippen molar-refractivity contribution >= 4 is 5.97 Å². The molecule has 0 saturated heterocycles. The molecule has 0 amide bonds. The highest BCUT2D eigenvalue weighted by Gasteiger charge is 2.35. The summed E-state index contributed by atoms with van der Waals surface area (Å²) in [5.41, 5.74) is 5.14. The van der Waals surface area contributed by atoms with E-state index in [9.17, 15) is 9.18 Å². The molecular formula is C13H18FNO3. The van der Waals surface area contributed by atoms with Crippen molar-refractivity contribution in [3.63, 3.8) is 0 Å². The van der Waals surface area contributed by atoms with E-state index in [1.807, 2.05) is 0 Å². The van der Waals surface area contributed by atoms with Gasteiger partial charge in [-0.1, -0.05) is 6.07 Å². The molecule has 4 nitrogen and oxygen atoms in total. The van der Waals surface area contributed by atoms with E-state index < -0.39 is 23.2 Å².